The molecular weight excluding hydrogens is 290 g/mol. The van der Waals surface area contributed by atoms with Gasteiger partial charge in [0, 0.05) is 4.90 Å². The number of aliphatic hydroxyl groups excluding tert-OH is 1. The standard InChI is InChI=1S/C12H14ClNO4S/c1-7(15)11(12(17)18)14-10(16)6-19-9-5-3-2-4-8(9)13/h2-5,7,11,15H,6H2,1H3,(H,14,16)(H,17,18). The summed E-state index contributed by atoms with van der Waals surface area (Å²) in [4.78, 5) is 23.1. The third-order valence-electron chi connectivity index (χ3n) is 2.26. The number of nitrogens with one attached hydrogen (secondary N) is 1. The molecule has 0 saturated carbocycles. The molecule has 2 unspecified atom stereocenters. The lowest BCUT2D eigenvalue weighted by Crippen LogP contribution is -2.48. The van der Waals surface area contributed by atoms with Gasteiger partial charge >= 0.3 is 5.97 Å². The van der Waals surface area contributed by atoms with E-state index in [0.717, 1.165) is 4.90 Å². The average molecular weight is 304 g/mol. The molecule has 0 aromatic heterocycles. The molecule has 7 heteroatoms. The third kappa shape index (κ3) is 5.10. The first-order valence-corrected chi connectivity index (χ1v) is 6.85. The van der Waals surface area contributed by atoms with Crippen LogP contribution in [-0.2, 0) is 9.59 Å². The number of benzene rings is 1. The van der Waals surface area contributed by atoms with Gasteiger partial charge in [0.15, 0.2) is 6.04 Å². The van der Waals surface area contributed by atoms with Crippen molar-refractivity contribution in [3.05, 3.63) is 29.3 Å². The number of carboxylic acid groups (broad SMARTS) is 1. The van der Waals surface area contributed by atoms with Crippen LogP contribution in [0.15, 0.2) is 29.2 Å². The van der Waals surface area contributed by atoms with Gasteiger partial charge in [0.2, 0.25) is 5.91 Å². The zero-order valence-corrected chi connectivity index (χ0v) is 11.7. The molecule has 2 atom stereocenters. The lowest BCUT2D eigenvalue weighted by atomic mass is 10.2. The Morgan fingerprint density at radius 1 is 1.42 bits per heavy atom. The number of thioether (sulfide) groups is 1. The molecule has 1 amide bonds. The maximum atomic E-state index is 11.6. The molecule has 5 nitrogen and oxygen atoms in total. The minimum absolute atomic E-state index is 0.0280. The van der Waals surface area contributed by atoms with Crippen molar-refractivity contribution >= 4 is 35.2 Å². The topological polar surface area (TPSA) is 86.6 Å². The summed E-state index contributed by atoms with van der Waals surface area (Å²) in [6.07, 6.45) is -1.16. The Labute approximate surface area is 120 Å². The van der Waals surface area contributed by atoms with Crippen LogP contribution in [0.1, 0.15) is 6.92 Å². The number of aliphatic hydroxyl groups is 1. The van der Waals surface area contributed by atoms with E-state index in [2.05, 4.69) is 5.32 Å². The lowest BCUT2D eigenvalue weighted by molar-refractivity contribution is -0.144. The van der Waals surface area contributed by atoms with Crippen LogP contribution in [0.25, 0.3) is 0 Å². The molecule has 104 valence electrons. The molecule has 1 aromatic rings. The number of hydrogen-bond donors (Lipinski definition) is 3. The van der Waals surface area contributed by atoms with E-state index in [0.29, 0.717) is 5.02 Å². The summed E-state index contributed by atoms with van der Waals surface area (Å²) in [5, 5.41) is 20.8. The van der Waals surface area contributed by atoms with E-state index in [1.54, 1.807) is 24.3 Å². The zero-order valence-electron chi connectivity index (χ0n) is 10.2. The first kappa shape index (κ1) is 15.8. The van der Waals surface area contributed by atoms with Crippen molar-refractivity contribution in [2.45, 2.75) is 24.0 Å². The van der Waals surface area contributed by atoms with Crippen molar-refractivity contribution in [2.24, 2.45) is 0 Å². The molecule has 3 N–H and O–H groups in total. The predicted octanol–water partition coefficient (Wildman–Crippen LogP) is 1.38. The van der Waals surface area contributed by atoms with Crippen LogP contribution in [0.4, 0.5) is 0 Å². The number of carbonyl (C=O) groups excluding carboxylic acids is 1. The Morgan fingerprint density at radius 2 is 2.05 bits per heavy atom. The normalized spacial score (nSPS) is 13.6. The SMILES string of the molecule is CC(O)C(NC(=O)CSc1ccccc1Cl)C(=O)O. The molecule has 1 aromatic carbocycles. The lowest BCUT2D eigenvalue weighted by Gasteiger charge is -2.16. The molecule has 0 aliphatic rings. The maximum Gasteiger partial charge on any atom is 0.328 e. The second-order valence-electron chi connectivity index (χ2n) is 3.84. The Kier molecular flexibility index (Phi) is 6.14. The van der Waals surface area contributed by atoms with Gasteiger partial charge in [0.1, 0.15) is 0 Å². The van der Waals surface area contributed by atoms with Gasteiger partial charge in [-0.25, -0.2) is 4.79 Å². The van der Waals surface area contributed by atoms with E-state index in [1.165, 1.54) is 18.7 Å². The molecule has 0 aliphatic heterocycles. The highest BCUT2D eigenvalue weighted by molar-refractivity contribution is 8.00. The van der Waals surface area contributed by atoms with E-state index >= 15 is 0 Å². The molecule has 0 fully saturated rings. The summed E-state index contributed by atoms with van der Waals surface area (Å²) in [5.41, 5.74) is 0. The largest absolute Gasteiger partial charge is 0.480 e. The monoisotopic (exact) mass is 303 g/mol. The highest BCUT2D eigenvalue weighted by atomic mass is 35.5. The molecule has 0 saturated heterocycles. The van der Waals surface area contributed by atoms with Gasteiger partial charge in [0.25, 0.3) is 0 Å². The quantitative estimate of drug-likeness (QED) is 0.691. The van der Waals surface area contributed by atoms with Crippen LogP contribution >= 0.6 is 23.4 Å². The number of amides is 1. The first-order valence-electron chi connectivity index (χ1n) is 5.49. The molecule has 0 spiro atoms. The van der Waals surface area contributed by atoms with Crippen molar-refractivity contribution in [2.75, 3.05) is 5.75 Å². The average Bonchev–Trinajstić information content (AvgIpc) is 2.34. The molecular formula is C12H14ClNO4S. The summed E-state index contributed by atoms with van der Waals surface area (Å²) < 4.78 is 0. The number of halogens is 1. The summed E-state index contributed by atoms with van der Waals surface area (Å²) in [6, 6.07) is 5.74. The van der Waals surface area contributed by atoms with E-state index in [4.69, 9.17) is 16.7 Å². The van der Waals surface area contributed by atoms with Gasteiger partial charge in [-0.2, -0.15) is 0 Å². The molecule has 1 rings (SSSR count). The van der Waals surface area contributed by atoms with Crippen molar-refractivity contribution < 1.29 is 19.8 Å². The smallest absolute Gasteiger partial charge is 0.328 e. The fraction of sp³-hybridized carbons (Fsp3) is 0.333. The van der Waals surface area contributed by atoms with Crippen molar-refractivity contribution in [3.63, 3.8) is 0 Å². The van der Waals surface area contributed by atoms with E-state index in [-0.39, 0.29) is 5.75 Å². The van der Waals surface area contributed by atoms with Crippen LogP contribution in [-0.4, -0.2) is 40.0 Å². The van der Waals surface area contributed by atoms with Crippen molar-refractivity contribution in [1.29, 1.82) is 0 Å². The van der Waals surface area contributed by atoms with Crippen molar-refractivity contribution in [1.82, 2.24) is 5.32 Å². The maximum absolute atomic E-state index is 11.6. The van der Waals surface area contributed by atoms with Gasteiger partial charge in [-0.3, -0.25) is 4.79 Å². The fourth-order valence-electron chi connectivity index (χ4n) is 1.31. The van der Waals surface area contributed by atoms with Crippen LogP contribution in [0.5, 0.6) is 0 Å². The molecule has 0 aliphatic carbocycles. The molecule has 0 heterocycles. The molecule has 0 bridgehead atoms. The summed E-state index contributed by atoms with van der Waals surface area (Å²) in [6.45, 7) is 1.31. The summed E-state index contributed by atoms with van der Waals surface area (Å²) in [5.74, 6) is -1.72. The first-order chi connectivity index (χ1) is 8.91. The van der Waals surface area contributed by atoms with Crippen molar-refractivity contribution in [3.8, 4) is 0 Å². The second kappa shape index (κ2) is 7.37. The highest BCUT2D eigenvalue weighted by Crippen LogP contribution is 2.26. The number of aliphatic carboxylic acids is 1. The summed E-state index contributed by atoms with van der Waals surface area (Å²) in [7, 11) is 0. The number of carboxylic acids is 1. The van der Waals surface area contributed by atoms with Crippen LogP contribution in [0.3, 0.4) is 0 Å². The van der Waals surface area contributed by atoms with Gasteiger partial charge in [-0.1, -0.05) is 23.7 Å². The van der Waals surface area contributed by atoms with E-state index in [9.17, 15) is 14.7 Å². The van der Waals surface area contributed by atoms with E-state index < -0.39 is 24.0 Å². The Morgan fingerprint density at radius 3 is 2.58 bits per heavy atom. The van der Waals surface area contributed by atoms with Crippen LogP contribution in [0.2, 0.25) is 5.02 Å². The molecule has 19 heavy (non-hydrogen) atoms. The minimum Gasteiger partial charge on any atom is -0.480 e. The second-order valence-corrected chi connectivity index (χ2v) is 5.27. The van der Waals surface area contributed by atoms with Gasteiger partial charge in [0.05, 0.1) is 16.9 Å². The molecule has 0 radical (unpaired) electrons. The fourth-order valence-corrected chi connectivity index (χ4v) is 2.36. The number of rotatable bonds is 6. The predicted molar refractivity (Wildman–Crippen MR) is 73.4 cm³/mol. The number of hydrogen-bond acceptors (Lipinski definition) is 4. The van der Waals surface area contributed by atoms with Gasteiger partial charge in [-0.05, 0) is 19.1 Å². The third-order valence-corrected chi connectivity index (χ3v) is 3.78. The van der Waals surface area contributed by atoms with Crippen LogP contribution in [0, 0.1) is 0 Å². The van der Waals surface area contributed by atoms with Crippen LogP contribution < -0.4 is 5.32 Å². The zero-order chi connectivity index (χ0) is 14.4. The Bertz CT molecular complexity index is 467. The minimum atomic E-state index is -1.31. The summed E-state index contributed by atoms with van der Waals surface area (Å²) >= 11 is 7.13. The van der Waals surface area contributed by atoms with Gasteiger partial charge < -0.3 is 15.5 Å². The Balaban J connectivity index is 2.52. The number of carbonyl (C=O) groups is 2. The van der Waals surface area contributed by atoms with E-state index in [1.807, 2.05) is 0 Å². The highest BCUT2D eigenvalue weighted by Gasteiger charge is 2.24. The van der Waals surface area contributed by atoms with Gasteiger partial charge in [-0.15, -0.1) is 11.8 Å². The Hall–Kier alpha value is -1.24.